The van der Waals surface area contributed by atoms with Crippen molar-refractivity contribution in [2.75, 3.05) is 19.0 Å². The summed E-state index contributed by atoms with van der Waals surface area (Å²) in [6, 6.07) is 12.7. The molecule has 0 saturated heterocycles. The van der Waals surface area contributed by atoms with Crippen LogP contribution < -0.4 is 14.8 Å². The van der Waals surface area contributed by atoms with E-state index < -0.39 is 0 Å². The fourth-order valence-corrected chi connectivity index (χ4v) is 2.57. The van der Waals surface area contributed by atoms with Gasteiger partial charge < -0.3 is 9.47 Å². The Labute approximate surface area is 147 Å². The van der Waals surface area contributed by atoms with Gasteiger partial charge in [0.1, 0.15) is 17.3 Å². The van der Waals surface area contributed by atoms with Crippen LogP contribution in [0.2, 0.25) is 0 Å². The van der Waals surface area contributed by atoms with Crippen LogP contribution in [0.25, 0.3) is 11.4 Å². The number of carbonyl (C=O) groups excluding carboxylic acids is 1. The van der Waals surface area contributed by atoms with Gasteiger partial charge >= 0.3 is 0 Å². The highest BCUT2D eigenvalue weighted by Gasteiger charge is 2.10. The van der Waals surface area contributed by atoms with Gasteiger partial charge in [0.25, 0.3) is 5.91 Å². The number of rotatable bonds is 6. The van der Waals surface area contributed by atoms with Gasteiger partial charge in [0.05, 0.1) is 7.11 Å². The maximum Gasteiger partial charge on any atom is 0.264 e. The first-order valence-corrected chi connectivity index (χ1v) is 8.08. The maximum atomic E-state index is 12.8. The van der Waals surface area contributed by atoms with Crippen molar-refractivity contribution in [1.29, 1.82) is 0 Å². The SMILES string of the molecule is COc1ccc(-c2nsc(NC(=O)COc3ccc(F)cc3)n2)cc1. The molecule has 1 N–H and O–H groups in total. The van der Waals surface area contributed by atoms with E-state index in [4.69, 9.17) is 9.47 Å². The summed E-state index contributed by atoms with van der Waals surface area (Å²) < 4.78 is 27.4. The van der Waals surface area contributed by atoms with E-state index in [0.717, 1.165) is 22.8 Å². The van der Waals surface area contributed by atoms with Crippen LogP contribution in [0.4, 0.5) is 9.52 Å². The van der Waals surface area contributed by atoms with Crippen molar-refractivity contribution in [3.05, 3.63) is 54.3 Å². The Morgan fingerprint density at radius 3 is 2.48 bits per heavy atom. The third-order valence-corrected chi connectivity index (χ3v) is 3.83. The standard InChI is InChI=1S/C17H14FN3O3S/c1-23-13-6-2-11(3-7-13)16-20-17(25-21-16)19-15(22)10-24-14-8-4-12(18)5-9-14/h2-9H,10H2,1H3,(H,19,20,21,22). The molecule has 128 valence electrons. The average Bonchev–Trinajstić information content (AvgIpc) is 3.10. The summed E-state index contributed by atoms with van der Waals surface area (Å²) in [6.07, 6.45) is 0. The van der Waals surface area contributed by atoms with Crippen molar-refractivity contribution in [3.8, 4) is 22.9 Å². The predicted octanol–water partition coefficient (Wildman–Crippen LogP) is 3.37. The Bertz CT molecular complexity index is 850. The van der Waals surface area contributed by atoms with Gasteiger partial charge in [0, 0.05) is 17.1 Å². The lowest BCUT2D eigenvalue weighted by atomic mass is 10.2. The molecule has 0 atom stereocenters. The van der Waals surface area contributed by atoms with E-state index in [2.05, 4.69) is 14.7 Å². The zero-order valence-corrected chi connectivity index (χ0v) is 14.0. The molecule has 3 aromatic rings. The summed E-state index contributed by atoms with van der Waals surface area (Å²) in [7, 11) is 1.59. The molecule has 0 fully saturated rings. The van der Waals surface area contributed by atoms with Gasteiger partial charge in [0.15, 0.2) is 12.4 Å². The monoisotopic (exact) mass is 359 g/mol. The summed E-state index contributed by atoms with van der Waals surface area (Å²) in [5.74, 6) is 0.930. The molecule has 0 spiro atoms. The number of benzene rings is 2. The van der Waals surface area contributed by atoms with Gasteiger partial charge in [-0.1, -0.05) is 0 Å². The third kappa shape index (κ3) is 4.51. The quantitative estimate of drug-likeness (QED) is 0.730. The van der Waals surface area contributed by atoms with Crippen LogP contribution in [-0.4, -0.2) is 29.0 Å². The lowest BCUT2D eigenvalue weighted by molar-refractivity contribution is -0.118. The van der Waals surface area contributed by atoms with Crippen molar-refractivity contribution < 1.29 is 18.7 Å². The zero-order chi connectivity index (χ0) is 17.6. The van der Waals surface area contributed by atoms with E-state index in [9.17, 15) is 9.18 Å². The van der Waals surface area contributed by atoms with Crippen LogP contribution in [0.15, 0.2) is 48.5 Å². The molecule has 1 amide bonds. The molecule has 2 aromatic carbocycles. The fraction of sp³-hybridized carbons (Fsp3) is 0.118. The summed E-state index contributed by atoms with van der Waals surface area (Å²) in [5, 5.41) is 2.99. The first kappa shape index (κ1) is 16.8. The molecule has 1 heterocycles. The normalized spacial score (nSPS) is 10.3. The molecular formula is C17H14FN3O3S. The highest BCUT2D eigenvalue weighted by atomic mass is 32.1. The van der Waals surface area contributed by atoms with Gasteiger partial charge in [-0.15, -0.1) is 0 Å². The first-order valence-electron chi connectivity index (χ1n) is 7.30. The topological polar surface area (TPSA) is 73.3 Å². The van der Waals surface area contributed by atoms with E-state index in [1.807, 2.05) is 24.3 Å². The van der Waals surface area contributed by atoms with Crippen molar-refractivity contribution in [1.82, 2.24) is 9.36 Å². The van der Waals surface area contributed by atoms with Gasteiger partial charge in [-0.2, -0.15) is 9.36 Å². The van der Waals surface area contributed by atoms with E-state index in [-0.39, 0.29) is 18.3 Å². The molecule has 0 bridgehead atoms. The molecular weight excluding hydrogens is 345 g/mol. The summed E-state index contributed by atoms with van der Waals surface area (Å²) in [4.78, 5) is 16.2. The lowest BCUT2D eigenvalue weighted by Crippen LogP contribution is -2.20. The number of anilines is 1. The van der Waals surface area contributed by atoms with Crippen LogP contribution >= 0.6 is 11.5 Å². The smallest absolute Gasteiger partial charge is 0.264 e. The minimum Gasteiger partial charge on any atom is -0.497 e. The number of amides is 1. The Morgan fingerprint density at radius 1 is 1.12 bits per heavy atom. The van der Waals surface area contributed by atoms with Gasteiger partial charge in [0.2, 0.25) is 5.13 Å². The Kier molecular flexibility index (Phi) is 5.20. The number of hydrogen-bond acceptors (Lipinski definition) is 6. The second-order valence-corrected chi connectivity index (χ2v) is 5.69. The minimum absolute atomic E-state index is 0.205. The Morgan fingerprint density at radius 2 is 1.80 bits per heavy atom. The number of carbonyl (C=O) groups is 1. The third-order valence-electron chi connectivity index (χ3n) is 3.20. The molecule has 6 nitrogen and oxygen atoms in total. The van der Waals surface area contributed by atoms with Crippen LogP contribution in [0.3, 0.4) is 0 Å². The molecule has 0 aliphatic carbocycles. The second kappa shape index (κ2) is 7.71. The van der Waals surface area contributed by atoms with Crippen molar-refractivity contribution in [2.24, 2.45) is 0 Å². The predicted molar refractivity (Wildman–Crippen MR) is 92.4 cm³/mol. The maximum absolute atomic E-state index is 12.8. The summed E-state index contributed by atoms with van der Waals surface area (Å²) in [5.41, 5.74) is 0.820. The van der Waals surface area contributed by atoms with Crippen LogP contribution in [0.5, 0.6) is 11.5 Å². The molecule has 25 heavy (non-hydrogen) atoms. The van der Waals surface area contributed by atoms with E-state index >= 15 is 0 Å². The molecule has 0 saturated carbocycles. The van der Waals surface area contributed by atoms with Crippen LogP contribution in [-0.2, 0) is 4.79 Å². The van der Waals surface area contributed by atoms with Crippen LogP contribution in [0.1, 0.15) is 0 Å². The second-order valence-electron chi connectivity index (χ2n) is 4.94. The van der Waals surface area contributed by atoms with Crippen molar-refractivity contribution in [3.63, 3.8) is 0 Å². The molecule has 8 heteroatoms. The average molecular weight is 359 g/mol. The van der Waals surface area contributed by atoms with Crippen molar-refractivity contribution >= 4 is 22.6 Å². The lowest BCUT2D eigenvalue weighted by Gasteiger charge is -2.05. The fourth-order valence-electron chi connectivity index (χ4n) is 1.97. The number of methoxy groups -OCH3 is 1. The molecule has 0 radical (unpaired) electrons. The van der Waals surface area contributed by atoms with E-state index in [0.29, 0.717) is 16.7 Å². The molecule has 0 aliphatic heterocycles. The number of nitrogens with zero attached hydrogens (tertiary/aromatic N) is 2. The van der Waals surface area contributed by atoms with Gasteiger partial charge in [-0.3, -0.25) is 10.1 Å². The summed E-state index contributed by atoms with van der Waals surface area (Å²) >= 11 is 1.08. The van der Waals surface area contributed by atoms with E-state index in [1.165, 1.54) is 24.3 Å². The molecule has 1 aromatic heterocycles. The largest absolute Gasteiger partial charge is 0.497 e. The number of nitrogens with one attached hydrogen (secondary N) is 1. The first-order chi connectivity index (χ1) is 12.1. The number of aromatic nitrogens is 2. The van der Waals surface area contributed by atoms with Gasteiger partial charge in [-0.25, -0.2) is 4.39 Å². The summed E-state index contributed by atoms with van der Waals surface area (Å²) in [6.45, 7) is -0.205. The highest BCUT2D eigenvalue weighted by molar-refractivity contribution is 7.10. The Balaban J connectivity index is 1.56. The molecule has 0 aliphatic rings. The number of ether oxygens (including phenoxy) is 2. The Hall–Kier alpha value is -3.00. The highest BCUT2D eigenvalue weighted by Crippen LogP contribution is 2.23. The molecule has 0 unspecified atom stereocenters. The van der Waals surface area contributed by atoms with Gasteiger partial charge in [-0.05, 0) is 48.5 Å². The minimum atomic E-state index is -0.373. The van der Waals surface area contributed by atoms with E-state index in [1.54, 1.807) is 7.11 Å². The van der Waals surface area contributed by atoms with Crippen molar-refractivity contribution in [2.45, 2.75) is 0 Å². The van der Waals surface area contributed by atoms with Crippen LogP contribution in [0, 0.1) is 5.82 Å². The molecule has 3 rings (SSSR count). The number of hydrogen-bond donors (Lipinski definition) is 1. The zero-order valence-electron chi connectivity index (χ0n) is 13.2. The number of halogens is 1.